The number of benzene rings is 1. The van der Waals surface area contributed by atoms with Gasteiger partial charge in [0.1, 0.15) is 18.8 Å². The smallest absolute Gasteiger partial charge is 0.276 e. The molecule has 0 aliphatic carbocycles. The Kier molecular flexibility index (Phi) is 4.66. The van der Waals surface area contributed by atoms with Crippen LogP contribution in [0.4, 0.5) is 0 Å². The number of carbonyl (C=O) groups excluding carboxylic acids is 2. The third kappa shape index (κ3) is 3.49. The molecule has 8 nitrogen and oxygen atoms in total. The van der Waals surface area contributed by atoms with Crippen LogP contribution in [0.15, 0.2) is 35.3 Å². The summed E-state index contributed by atoms with van der Waals surface area (Å²) in [5, 5.41) is 6.60. The van der Waals surface area contributed by atoms with Crippen molar-refractivity contribution in [1.82, 2.24) is 15.6 Å². The lowest BCUT2D eigenvalue weighted by molar-refractivity contribution is -0.117. The van der Waals surface area contributed by atoms with Gasteiger partial charge in [-0.05, 0) is 17.5 Å². The molecule has 3 rings (SSSR count). The van der Waals surface area contributed by atoms with E-state index in [0.29, 0.717) is 19.1 Å². The summed E-state index contributed by atoms with van der Waals surface area (Å²) in [6.07, 6.45) is 0. The maximum atomic E-state index is 12.3. The van der Waals surface area contributed by atoms with E-state index in [1.807, 2.05) is 24.3 Å². The highest BCUT2D eigenvalue weighted by molar-refractivity contribution is 6.12. The van der Waals surface area contributed by atoms with E-state index < -0.39 is 5.91 Å². The second kappa shape index (κ2) is 7.05. The Balaban J connectivity index is 1.87. The predicted octanol–water partition coefficient (Wildman–Crippen LogP) is 0.476. The van der Waals surface area contributed by atoms with Crippen LogP contribution in [0.1, 0.15) is 10.5 Å². The largest absolute Gasteiger partial charge is 0.475 e. The van der Waals surface area contributed by atoms with Gasteiger partial charge in [-0.3, -0.25) is 20.2 Å². The van der Waals surface area contributed by atoms with Crippen LogP contribution in [0.2, 0.25) is 0 Å². The number of guanidine groups is 1. The van der Waals surface area contributed by atoms with Crippen molar-refractivity contribution in [3.05, 3.63) is 36.0 Å². The van der Waals surface area contributed by atoms with E-state index in [9.17, 15) is 9.59 Å². The van der Waals surface area contributed by atoms with Gasteiger partial charge in [-0.2, -0.15) is 0 Å². The summed E-state index contributed by atoms with van der Waals surface area (Å²) in [5.74, 6) is -0.256. The Morgan fingerprint density at radius 2 is 2.17 bits per heavy atom. The Hall–Kier alpha value is -3.00. The maximum absolute atomic E-state index is 12.3. The first-order valence-corrected chi connectivity index (χ1v) is 7.34. The molecule has 0 spiro atoms. The van der Waals surface area contributed by atoms with Crippen LogP contribution in [-0.2, 0) is 9.53 Å². The molecule has 1 aliphatic rings. The lowest BCUT2D eigenvalue weighted by atomic mass is 10.1. The first kappa shape index (κ1) is 15.9. The molecule has 1 aliphatic heterocycles. The molecule has 124 valence electrons. The first-order chi connectivity index (χ1) is 11.7. The molecule has 2 aromatic rings. The zero-order valence-electron chi connectivity index (χ0n) is 13.0. The number of carbonyl (C=O) groups is 2. The van der Waals surface area contributed by atoms with Gasteiger partial charge in [0, 0.05) is 12.5 Å². The highest BCUT2D eigenvalue weighted by atomic mass is 16.5. The molecule has 8 heteroatoms. The molecule has 0 saturated heterocycles. The number of nitrogens with one attached hydrogen (secondary N) is 2. The molecule has 0 atom stereocenters. The molecule has 0 saturated carbocycles. The monoisotopic (exact) mass is 328 g/mol. The lowest BCUT2D eigenvalue weighted by Crippen LogP contribution is -2.40. The number of nitrogens with zero attached hydrogens (tertiary/aromatic N) is 2. The van der Waals surface area contributed by atoms with E-state index in [-0.39, 0.29) is 24.1 Å². The van der Waals surface area contributed by atoms with Gasteiger partial charge in [0.2, 0.25) is 17.7 Å². The number of aromatic nitrogens is 1. The zero-order valence-corrected chi connectivity index (χ0v) is 13.0. The number of rotatable bonds is 5. The normalized spacial score (nSPS) is 13.5. The summed E-state index contributed by atoms with van der Waals surface area (Å²) in [4.78, 5) is 31.6. The summed E-state index contributed by atoms with van der Waals surface area (Å²) < 4.78 is 10.6. The fourth-order valence-corrected chi connectivity index (χ4v) is 2.22. The third-order valence-corrected chi connectivity index (χ3v) is 3.33. The molecule has 0 radical (unpaired) electrons. The fourth-order valence-electron chi connectivity index (χ4n) is 2.22. The van der Waals surface area contributed by atoms with Crippen LogP contribution in [0.3, 0.4) is 0 Å². The lowest BCUT2D eigenvalue weighted by Gasteiger charge is -2.11. The van der Waals surface area contributed by atoms with Crippen molar-refractivity contribution in [2.24, 2.45) is 4.99 Å². The molecule has 0 unspecified atom stereocenters. The van der Waals surface area contributed by atoms with Crippen molar-refractivity contribution in [3.63, 3.8) is 0 Å². The molecule has 1 aromatic heterocycles. The molecule has 0 fully saturated rings. The van der Waals surface area contributed by atoms with Crippen LogP contribution < -0.4 is 15.4 Å². The summed E-state index contributed by atoms with van der Waals surface area (Å²) in [7, 11) is 1.58. The maximum Gasteiger partial charge on any atom is 0.276 e. The Morgan fingerprint density at radius 1 is 1.33 bits per heavy atom. The Labute approximate surface area is 137 Å². The summed E-state index contributed by atoms with van der Waals surface area (Å²) >= 11 is 0. The number of pyridine rings is 1. The minimum absolute atomic E-state index is 0.00609. The average molecular weight is 328 g/mol. The van der Waals surface area contributed by atoms with E-state index in [1.165, 1.54) is 0 Å². The topological polar surface area (TPSA) is 102 Å². The van der Waals surface area contributed by atoms with Gasteiger partial charge in [0.25, 0.3) is 5.91 Å². The standard InChI is InChI=1S/C16H16N4O4/c1-23-6-7-24-15-11-5-3-2-4-10(11)8-12(18-15)14(22)20-16-17-9-13(21)19-16/h2-5,8H,6-7,9H2,1H3,(H2,17,19,20,21,22). The van der Waals surface area contributed by atoms with Gasteiger partial charge in [0.15, 0.2) is 0 Å². The second-order valence-electron chi connectivity index (χ2n) is 5.04. The minimum Gasteiger partial charge on any atom is -0.475 e. The highest BCUT2D eigenvalue weighted by Gasteiger charge is 2.18. The molecule has 1 aromatic carbocycles. The summed E-state index contributed by atoms with van der Waals surface area (Å²) in [5.41, 5.74) is 0.171. The SMILES string of the molecule is COCCOc1nc(C(=O)NC2=NCC(=O)N2)cc2ccccc12. The van der Waals surface area contributed by atoms with E-state index in [0.717, 1.165) is 10.8 Å². The number of hydrogen-bond donors (Lipinski definition) is 2. The van der Waals surface area contributed by atoms with Gasteiger partial charge in [-0.25, -0.2) is 9.98 Å². The molecule has 2 N–H and O–H groups in total. The number of fused-ring (bicyclic) bond motifs is 1. The van der Waals surface area contributed by atoms with E-state index in [1.54, 1.807) is 13.2 Å². The summed E-state index contributed by atoms with van der Waals surface area (Å²) in [6, 6.07) is 9.13. The number of ether oxygens (including phenoxy) is 2. The van der Waals surface area contributed by atoms with Gasteiger partial charge in [-0.1, -0.05) is 18.2 Å². The molecular formula is C16H16N4O4. The van der Waals surface area contributed by atoms with Crippen LogP contribution in [0, 0.1) is 0 Å². The van der Waals surface area contributed by atoms with E-state index in [2.05, 4.69) is 20.6 Å². The first-order valence-electron chi connectivity index (χ1n) is 7.34. The van der Waals surface area contributed by atoms with Crippen LogP contribution in [-0.4, -0.2) is 49.6 Å². The van der Waals surface area contributed by atoms with Crippen molar-refractivity contribution >= 4 is 28.5 Å². The van der Waals surface area contributed by atoms with E-state index >= 15 is 0 Å². The Bertz CT molecular complexity index is 819. The van der Waals surface area contributed by atoms with Gasteiger partial charge in [0.05, 0.1) is 6.61 Å². The molecule has 24 heavy (non-hydrogen) atoms. The van der Waals surface area contributed by atoms with Crippen LogP contribution >= 0.6 is 0 Å². The minimum atomic E-state index is -0.474. The van der Waals surface area contributed by atoms with E-state index in [4.69, 9.17) is 9.47 Å². The second-order valence-corrected chi connectivity index (χ2v) is 5.04. The fraction of sp³-hybridized carbons (Fsp3) is 0.250. The Morgan fingerprint density at radius 3 is 2.92 bits per heavy atom. The van der Waals surface area contributed by atoms with Crippen LogP contribution in [0.5, 0.6) is 5.88 Å². The average Bonchev–Trinajstić information content (AvgIpc) is 2.99. The number of aliphatic imine (C=N–C) groups is 1. The van der Waals surface area contributed by atoms with Crippen LogP contribution in [0.25, 0.3) is 10.8 Å². The van der Waals surface area contributed by atoms with Gasteiger partial charge >= 0.3 is 0 Å². The molecular weight excluding hydrogens is 312 g/mol. The molecule has 2 heterocycles. The quantitative estimate of drug-likeness (QED) is 0.777. The number of hydrogen-bond acceptors (Lipinski definition) is 6. The van der Waals surface area contributed by atoms with Crippen molar-refractivity contribution in [3.8, 4) is 5.88 Å². The molecule has 2 amide bonds. The van der Waals surface area contributed by atoms with Gasteiger partial charge in [-0.15, -0.1) is 0 Å². The van der Waals surface area contributed by atoms with Crippen molar-refractivity contribution < 1.29 is 19.1 Å². The van der Waals surface area contributed by atoms with Crippen molar-refractivity contribution in [1.29, 1.82) is 0 Å². The van der Waals surface area contributed by atoms with Crippen molar-refractivity contribution in [2.45, 2.75) is 0 Å². The van der Waals surface area contributed by atoms with Gasteiger partial charge < -0.3 is 9.47 Å². The molecule has 0 bridgehead atoms. The number of methoxy groups -OCH3 is 1. The zero-order chi connectivity index (χ0) is 16.9. The third-order valence-electron chi connectivity index (χ3n) is 3.33. The van der Waals surface area contributed by atoms with Crippen molar-refractivity contribution in [2.75, 3.05) is 26.9 Å². The highest BCUT2D eigenvalue weighted by Crippen LogP contribution is 2.24. The predicted molar refractivity (Wildman–Crippen MR) is 87.0 cm³/mol. The summed E-state index contributed by atoms with van der Waals surface area (Å²) in [6.45, 7) is 0.739. The number of amides is 2.